The molecule has 0 fully saturated rings. The zero-order valence-electron chi connectivity index (χ0n) is 14.5. The lowest BCUT2D eigenvalue weighted by molar-refractivity contribution is -0.115. The van der Waals surface area contributed by atoms with Gasteiger partial charge in [-0.3, -0.25) is 4.79 Å². The van der Waals surface area contributed by atoms with Gasteiger partial charge in [-0.2, -0.15) is 0 Å². The van der Waals surface area contributed by atoms with Crippen molar-refractivity contribution >= 4 is 33.2 Å². The van der Waals surface area contributed by atoms with E-state index in [9.17, 15) is 13.2 Å². The first kappa shape index (κ1) is 18.9. The summed E-state index contributed by atoms with van der Waals surface area (Å²) in [5.74, 6) is -0.433. The fourth-order valence-electron chi connectivity index (χ4n) is 3.08. The summed E-state index contributed by atoms with van der Waals surface area (Å²) in [6.07, 6.45) is 4.11. The van der Waals surface area contributed by atoms with Crippen LogP contribution in [0.4, 0.5) is 5.69 Å². The number of halogens is 1. The van der Waals surface area contributed by atoms with Crippen LogP contribution in [0.15, 0.2) is 41.3 Å². The normalized spacial score (nSPS) is 13.9. The van der Waals surface area contributed by atoms with Crippen molar-refractivity contribution in [1.82, 2.24) is 4.72 Å². The predicted molar refractivity (Wildman–Crippen MR) is 103 cm³/mol. The Morgan fingerprint density at radius 3 is 2.54 bits per heavy atom. The average Bonchev–Trinajstić information content (AvgIpc) is 2.62. The molecule has 7 heteroatoms. The molecule has 2 aromatic rings. The van der Waals surface area contributed by atoms with E-state index < -0.39 is 15.9 Å². The lowest BCUT2D eigenvalue weighted by Crippen LogP contribution is -2.33. The third kappa shape index (κ3) is 4.44. The minimum atomic E-state index is -3.73. The lowest BCUT2D eigenvalue weighted by Gasteiger charge is -2.16. The fraction of sp³-hybridized carbons (Fsp3) is 0.316. The highest BCUT2D eigenvalue weighted by atomic mass is 35.5. The van der Waals surface area contributed by atoms with Crippen LogP contribution in [-0.4, -0.2) is 20.9 Å². The molecule has 0 radical (unpaired) electrons. The maximum Gasteiger partial charge on any atom is 0.241 e. The van der Waals surface area contributed by atoms with Crippen LogP contribution in [0, 0.1) is 6.92 Å². The van der Waals surface area contributed by atoms with Crippen LogP contribution in [0.2, 0.25) is 5.02 Å². The van der Waals surface area contributed by atoms with Crippen molar-refractivity contribution in [3.05, 3.63) is 58.1 Å². The minimum absolute atomic E-state index is 0.202. The van der Waals surface area contributed by atoms with Gasteiger partial charge in [0.2, 0.25) is 15.9 Å². The summed E-state index contributed by atoms with van der Waals surface area (Å²) in [6.45, 7) is 1.49. The second-order valence-electron chi connectivity index (χ2n) is 6.47. The van der Waals surface area contributed by atoms with Crippen molar-refractivity contribution in [3.8, 4) is 0 Å². The van der Waals surface area contributed by atoms with Crippen LogP contribution in [0.3, 0.4) is 0 Å². The summed E-state index contributed by atoms with van der Waals surface area (Å²) in [6, 6.07) is 10.3. The molecule has 5 nitrogen and oxygen atoms in total. The van der Waals surface area contributed by atoms with Gasteiger partial charge in [0.05, 0.1) is 11.4 Å². The second-order valence-corrected chi connectivity index (χ2v) is 8.67. The van der Waals surface area contributed by atoms with Gasteiger partial charge in [-0.05, 0) is 79.6 Å². The Morgan fingerprint density at radius 2 is 1.81 bits per heavy atom. The molecule has 0 unspecified atom stereocenters. The van der Waals surface area contributed by atoms with Crippen molar-refractivity contribution in [2.24, 2.45) is 0 Å². The second kappa shape index (κ2) is 7.78. The average molecular weight is 393 g/mol. The molecule has 138 valence electrons. The van der Waals surface area contributed by atoms with Gasteiger partial charge < -0.3 is 5.32 Å². The largest absolute Gasteiger partial charge is 0.325 e. The first-order valence-electron chi connectivity index (χ1n) is 8.52. The fourth-order valence-corrected chi connectivity index (χ4v) is 4.34. The van der Waals surface area contributed by atoms with E-state index in [0.29, 0.717) is 10.7 Å². The Hall–Kier alpha value is -1.89. The standard InChI is InChI=1S/C19H21ClN2O3S/c1-13-10-16(20)7-9-18(13)22-19(23)12-21-26(24,25)17-8-6-14-4-2-3-5-15(14)11-17/h6-11,21H,2-5,12H2,1H3,(H,22,23). The van der Waals surface area contributed by atoms with Gasteiger partial charge in [0.1, 0.15) is 0 Å². The molecule has 0 atom stereocenters. The lowest BCUT2D eigenvalue weighted by atomic mass is 9.92. The number of carbonyl (C=O) groups excluding carboxylic acids is 1. The van der Waals surface area contributed by atoms with Crippen LogP contribution in [-0.2, 0) is 27.7 Å². The van der Waals surface area contributed by atoms with E-state index in [2.05, 4.69) is 10.0 Å². The van der Waals surface area contributed by atoms with E-state index in [0.717, 1.165) is 36.8 Å². The summed E-state index contributed by atoms with van der Waals surface area (Å²) >= 11 is 5.89. The summed E-state index contributed by atoms with van der Waals surface area (Å²) in [5.41, 5.74) is 3.71. The molecule has 0 saturated heterocycles. The third-order valence-corrected chi connectivity index (χ3v) is 6.15. The zero-order chi connectivity index (χ0) is 18.7. The summed E-state index contributed by atoms with van der Waals surface area (Å²) in [7, 11) is -3.73. The SMILES string of the molecule is Cc1cc(Cl)ccc1NC(=O)CNS(=O)(=O)c1ccc2c(c1)CCCC2. The van der Waals surface area contributed by atoms with Crippen molar-refractivity contribution in [1.29, 1.82) is 0 Å². The molecular formula is C19H21ClN2O3S. The van der Waals surface area contributed by atoms with Gasteiger partial charge in [-0.1, -0.05) is 17.7 Å². The van der Waals surface area contributed by atoms with Crippen LogP contribution in [0.25, 0.3) is 0 Å². The zero-order valence-corrected chi connectivity index (χ0v) is 16.1. The molecule has 26 heavy (non-hydrogen) atoms. The Morgan fingerprint density at radius 1 is 1.08 bits per heavy atom. The Balaban J connectivity index is 1.65. The molecular weight excluding hydrogens is 372 g/mol. The van der Waals surface area contributed by atoms with E-state index in [-0.39, 0.29) is 11.4 Å². The molecule has 0 saturated carbocycles. The molecule has 2 aromatic carbocycles. The summed E-state index contributed by atoms with van der Waals surface area (Å²) < 4.78 is 27.3. The molecule has 0 aromatic heterocycles. The van der Waals surface area contributed by atoms with E-state index in [1.165, 1.54) is 5.56 Å². The van der Waals surface area contributed by atoms with Gasteiger partial charge in [-0.25, -0.2) is 13.1 Å². The van der Waals surface area contributed by atoms with E-state index >= 15 is 0 Å². The number of carbonyl (C=O) groups is 1. The van der Waals surface area contributed by atoms with Crippen LogP contribution in [0.5, 0.6) is 0 Å². The molecule has 1 aliphatic carbocycles. The topological polar surface area (TPSA) is 75.3 Å². The number of sulfonamides is 1. The Bertz CT molecular complexity index is 942. The van der Waals surface area contributed by atoms with Crippen molar-refractivity contribution in [2.45, 2.75) is 37.5 Å². The number of hydrogen-bond donors (Lipinski definition) is 2. The third-order valence-electron chi connectivity index (χ3n) is 4.52. The molecule has 3 rings (SSSR count). The quantitative estimate of drug-likeness (QED) is 0.818. The van der Waals surface area contributed by atoms with Crippen LogP contribution < -0.4 is 10.0 Å². The number of rotatable bonds is 5. The number of benzene rings is 2. The van der Waals surface area contributed by atoms with E-state index in [1.807, 2.05) is 13.0 Å². The van der Waals surface area contributed by atoms with E-state index in [4.69, 9.17) is 11.6 Å². The van der Waals surface area contributed by atoms with Gasteiger partial charge in [0, 0.05) is 10.7 Å². The Kier molecular flexibility index (Phi) is 5.65. The molecule has 2 N–H and O–H groups in total. The predicted octanol–water partition coefficient (Wildman–Crippen LogP) is 3.44. The number of hydrogen-bond acceptors (Lipinski definition) is 3. The highest BCUT2D eigenvalue weighted by Crippen LogP contribution is 2.24. The van der Waals surface area contributed by atoms with Gasteiger partial charge >= 0.3 is 0 Å². The molecule has 1 aliphatic rings. The number of fused-ring (bicyclic) bond motifs is 1. The van der Waals surface area contributed by atoms with E-state index in [1.54, 1.807) is 30.3 Å². The molecule has 0 bridgehead atoms. The maximum atomic E-state index is 12.5. The molecule has 0 heterocycles. The number of anilines is 1. The van der Waals surface area contributed by atoms with Crippen LogP contribution in [0.1, 0.15) is 29.5 Å². The smallest absolute Gasteiger partial charge is 0.241 e. The molecule has 1 amide bonds. The number of amides is 1. The van der Waals surface area contributed by atoms with Crippen molar-refractivity contribution in [3.63, 3.8) is 0 Å². The molecule has 0 spiro atoms. The van der Waals surface area contributed by atoms with Crippen LogP contribution >= 0.6 is 11.6 Å². The molecule has 0 aliphatic heterocycles. The van der Waals surface area contributed by atoms with Crippen molar-refractivity contribution < 1.29 is 13.2 Å². The highest BCUT2D eigenvalue weighted by Gasteiger charge is 2.18. The monoisotopic (exact) mass is 392 g/mol. The first-order valence-corrected chi connectivity index (χ1v) is 10.4. The minimum Gasteiger partial charge on any atom is -0.325 e. The summed E-state index contributed by atoms with van der Waals surface area (Å²) in [4.78, 5) is 12.3. The van der Waals surface area contributed by atoms with Gasteiger partial charge in [0.25, 0.3) is 0 Å². The Labute approximate surface area is 158 Å². The number of aryl methyl sites for hydroxylation is 3. The highest BCUT2D eigenvalue weighted by molar-refractivity contribution is 7.89. The maximum absolute atomic E-state index is 12.5. The van der Waals surface area contributed by atoms with Crippen molar-refractivity contribution in [2.75, 3.05) is 11.9 Å². The van der Waals surface area contributed by atoms with Gasteiger partial charge in [-0.15, -0.1) is 0 Å². The summed E-state index contributed by atoms with van der Waals surface area (Å²) in [5, 5.41) is 3.26. The first-order chi connectivity index (χ1) is 12.3. The van der Waals surface area contributed by atoms with Gasteiger partial charge in [0.15, 0.2) is 0 Å². The number of nitrogens with one attached hydrogen (secondary N) is 2.